The summed E-state index contributed by atoms with van der Waals surface area (Å²) in [6.45, 7) is 0. The molecule has 0 aliphatic carbocycles. The van der Waals surface area contributed by atoms with Crippen LogP contribution < -0.4 is 9.64 Å². The second-order valence-corrected chi connectivity index (χ2v) is 9.70. The molecule has 1 aliphatic rings. The maximum absolute atomic E-state index is 14.4. The Bertz CT molecular complexity index is 1590. The third kappa shape index (κ3) is 3.90. The Labute approximate surface area is 215 Å². The van der Waals surface area contributed by atoms with E-state index in [2.05, 4.69) is 20.9 Å². The van der Waals surface area contributed by atoms with Crippen molar-refractivity contribution in [2.24, 2.45) is 0 Å². The molecule has 1 aromatic heterocycles. The van der Waals surface area contributed by atoms with E-state index in [1.165, 1.54) is 43.5 Å². The van der Waals surface area contributed by atoms with E-state index in [0.29, 0.717) is 21.9 Å². The molecule has 4 aromatic rings. The average molecular weight is 573 g/mol. The lowest BCUT2D eigenvalue weighted by Gasteiger charge is -2.23. The van der Waals surface area contributed by atoms with E-state index in [0.717, 1.165) is 22.3 Å². The number of phenolic OH excluding ortho intramolecular Hbond substituents is 1. The van der Waals surface area contributed by atoms with Gasteiger partial charge in [-0.25, -0.2) is 13.8 Å². The highest BCUT2D eigenvalue weighted by molar-refractivity contribution is 9.10. The predicted octanol–water partition coefficient (Wildman–Crippen LogP) is 5.68. The molecule has 2 N–H and O–H groups in total. The number of halogens is 3. The molecule has 0 radical (unpaired) electrons. The lowest BCUT2D eigenvalue weighted by atomic mass is 9.95. The molecular formula is C25H15BrF2N2O5S. The zero-order valence-corrected chi connectivity index (χ0v) is 20.7. The number of nitrogens with zero attached hydrogens (tertiary/aromatic N) is 2. The van der Waals surface area contributed by atoms with Crippen LogP contribution in [0, 0.1) is 11.6 Å². The van der Waals surface area contributed by atoms with Crippen LogP contribution >= 0.6 is 27.3 Å². The van der Waals surface area contributed by atoms with Gasteiger partial charge in [0.15, 0.2) is 10.9 Å². The third-order valence-corrected chi connectivity index (χ3v) is 7.31. The van der Waals surface area contributed by atoms with Crippen LogP contribution in [0.15, 0.2) is 64.6 Å². The van der Waals surface area contributed by atoms with Gasteiger partial charge in [0.2, 0.25) is 0 Å². The number of carbonyl (C=O) groups is 2. The molecule has 36 heavy (non-hydrogen) atoms. The fourth-order valence-electron chi connectivity index (χ4n) is 4.02. The number of hydrogen-bond donors (Lipinski definition) is 2. The number of amides is 1. The van der Waals surface area contributed by atoms with Gasteiger partial charge in [-0.05, 0) is 57.9 Å². The van der Waals surface area contributed by atoms with Crippen LogP contribution in [-0.4, -0.2) is 34.0 Å². The van der Waals surface area contributed by atoms with Crippen molar-refractivity contribution in [2.75, 3.05) is 12.0 Å². The number of phenols is 1. The second-order valence-electron chi connectivity index (χ2n) is 7.84. The van der Waals surface area contributed by atoms with E-state index in [9.17, 15) is 28.6 Å². The van der Waals surface area contributed by atoms with Gasteiger partial charge in [0.1, 0.15) is 28.6 Å². The monoisotopic (exact) mass is 572 g/mol. The number of benzene rings is 3. The topological polar surface area (TPSA) is 100.0 Å². The number of Topliss-reactive ketones (excluding diaryl/α,β-unsaturated/α-hetero) is 1. The molecule has 1 saturated heterocycles. The molecule has 1 unspecified atom stereocenters. The van der Waals surface area contributed by atoms with Gasteiger partial charge in [-0.15, -0.1) is 0 Å². The van der Waals surface area contributed by atoms with Gasteiger partial charge < -0.3 is 14.9 Å². The number of ketones is 1. The normalized spacial score (nSPS) is 17.2. The van der Waals surface area contributed by atoms with Crippen molar-refractivity contribution < 1.29 is 33.3 Å². The Morgan fingerprint density at radius 3 is 2.50 bits per heavy atom. The Morgan fingerprint density at radius 1 is 1.11 bits per heavy atom. The summed E-state index contributed by atoms with van der Waals surface area (Å²) in [4.78, 5) is 31.7. The zero-order valence-electron chi connectivity index (χ0n) is 18.3. The minimum atomic E-state index is -1.15. The lowest BCUT2D eigenvalue weighted by Crippen LogP contribution is -2.29. The number of ether oxygens (including phenoxy) is 1. The summed E-state index contributed by atoms with van der Waals surface area (Å²) in [6, 6.07) is 11.0. The Kier molecular flexibility index (Phi) is 5.97. The molecule has 1 aliphatic heterocycles. The molecule has 1 atom stereocenters. The third-order valence-electron chi connectivity index (χ3n) is 5.69. The van der Waals surface area contributed by atoms with Crippen molar-refractivity contribution >= 4 is 60.1 Å². The van der Waals surface area contributed by atoms with Crippen molar-refractivity contribution in [2.45, 2.75) is 6.04 Å². The first-order chi connectivity index (χ1) is 17.2. The number of anilines is 1. The van der Waals surface area contributed by atoms with Gasteiger partial charge in [-0.3, -0.25) is 14.5 Å². The molecule has 7 nitrogen and oxygen atoms in total. The van der Waals surface area contributed by atoms with Crippen LogP contribution in [-0.2, 0) is 9.59 Å². The smallest absolute Gasteiger partial charge is 0.301 e. The molecular weight excluding hydrogens is 558 g/mol. The number of hydrogen-bond acceptors (Lipinski definition) is 7. The number of aliphatic hydroxyl groups is 1. The maximum Gasteiger partial charge on any atom is 0.301 e. The highest BCUT2D eigenvalue weighted by Crippen LogP contribution is 2.45. The summed E-state index contributed by atoms with van der Waals surface area (Å²) in [5.74, 6) is -3.70. The molecule has 0 bridgehead atoms. The highest BCUT2D eigenvalue weighted by atomic mass is 79.9. The second kappa shape index (κ2) is 8.99. The number of aromatic hydroxyl groups is 1. The fourth-order valence-corrected chi connectivity index (χ4v) is 5.59. The van der Waals surface area contributed by atoms with Crippen LogP contribution in [0.25, 0.3) is 16.0 Å². The van der Waals surface area contributed by atoms with E-state index in [-0.39, 0.29) is 32.2 Å². The number of fused-ring (bicyclic) bond motifs is 1. The summed E-state index contributed by atoms with van der Waals surface area (Å²) < 4.78 is 34.0. The van der Waals surface area contributed by atoms with Crippen molar-refractivity contribution in [3.05, 3.63) is 87.4 Å². The Hall–Kier alpha value is -3.83. The van der Waals surface area contributed by atoms with Crippen molar-refractivity contribution in [1.29, 1.82) is 0 Å². The number of rotatable bonds is 4. The number of aliphatic hydroxyl groups excluding tert-OH is 1. The molecule has 11 heteroatoms. The molecule has 1 amide bonds. The number of carbonyl (C=O) groups excluding carboxylic acids is 2. The van der Waals surface area contributed by atoms with E-state index in [1.807, 2.05) is 0 Å². The van der Waals surface area contributed by atoms with Crippen LogP contribution in [0.2, 0.25) is 0 Å². The molecule has 3 aromatic carbocycles. The summed E-state index contributed by atoms with van der Waals surface area (Å²) >= 11 is 4.17. The first-order valence-electron chi connectivity index (χ1n) is 10.4. The summed E-state index contributed by atoms with van der Waals surface area (Å²) in [6.07, 6.45) is 0. The van der Waals surface area contributed by atoms with Gasteiger partial charge in [0, 0.05) is 11.6 Å². The van der Waals surface area contributed by atoms with E-state index < -0.39 is 35.1 Å². The van der Waals surface area contributed by atoms with Crippen LogP contribution in [0.5, 0.6) is 11.5 Å². The fraction of sp³-hybridized carbons (Fsp3) is 0.0800. The first kappa shape index (κ1) is 23.9. The number of methoxy groups -OCH3 is 1. The molecule has 1 fully saturated rings. The summed E-state index contributed by atoms with van der Waals surface area (Å²) in [5, 5.41) is 20.9. The van der Waals surface area contributed by atoms with Crippen molar-refractivity contribution in [3.8, 4) is 11.5 Å². The summed E-state index contributed by atoms with van der Waals surface area (Å²) in [5.41, 5.74) is 0.240. The predicted molar refractivity (Wildman–Crippen MR) is 133 cm³/mol. The van der Waals surface area contributed by atoms with Gasteiger partial charge >= 0.3 is 5.91 Å². The standard InChI is InChI=1S/C25H15BrF2N2O5S/c1-35-17-7-4-12(8-15(17)26)22(32)19-21(11-2-5-14(31)6-3-11)30(24(34)23(19)33)25-29-20-16(28)9-13(27)10-18(20)36-25/h2-10,21,31-32H,1H3/b22-19+. The Balaban J connectivity index is 1.73. The number of aromatic nitrogens is 1. The molecule has 5 rings (SSSR count). The van der Waals surface area contributed by atoms with Crippen molar-refractivity contribution in [1.82, 2.24) is 4.98 Å². The lowest BCUT2D eigenvalue weighted by molar-refractivity contribution is -0.132. The molecule has 182 valence electrons. The molecule has 0 saturated carbocycles. The van der Waals surface area contributed by atoms with Crippen LogP contribution in [0.1, 0.15) is 17.2 Å². The highest BCUT2D eigenvalue weighted by Gasteiger charge is 2.48. The van der Waals surface area contributed by atoms with E-state index in [4.69, 9.17) is 4.74 Å². The molecule has 2 heterocycles. The van der Waals surface area contributed by atoms with Gasteiger partial charge in [0.05, 0.1) is 27.9 Å². The Morgan fingerprint density at radius 2 is 1.83 bits per heavy atom. The van der Waals surface area contributed by atoms with E-state index >= 15 is 0 Å². The zero-order chi connectivity index (χ0) is 25.7. The maximum atomic E-state index is 14.4. The minimum absolute atomic E-state index is 0.0488. The SMILES string of the molecule is COc1ccc(/C(O)=C2\C(=O)C(=O)N(c3nc4c(F)cc(F)cc4s3)C2c2ccc(O)cc2)cc1Br. The summed E-state index contributed by atoms with van der Waals surface area (Å²) in [7, 11) is 1.47. The minimum Gasteiger partial charge on any atom is -0.508 e. The van der Waals surface area contributed by atoms with Gasteiger partial charge in [-0.2, -0.15) is 0 Å². The quantitative estimate of drug-likeness (QED) is 0.185. The molecule has 0 spiro atoms. The van der Waals surface area contributed by atoms with E-state index in [1.54, 1.807) is 6.07 Å². The largest absolute Gasteiger partial charge is 0.508 e. The van der Waals surface area contributed by atoms with Gasteiger partial charge in [0.25, 0.3) is 5.78 Å². The average Bonchev–Trinajstić information content (AvgIpc) is 3.38. The van der Waals surface area contributed by atoms with Gasteiger partial charge in [-0.1, -0.05) is 23.5 Å². The first-order valence-corrected chi connectivity index (χ1v) is 12.0. The van der Waals surface area contributed by atoms with Crippen LogP contribution in [0.3, 0.4) is 0 Å². The van der Waals surface area contributed by atoms with Crippen molar-refractivity contribution in [3.63, 3.8) is 0 Å². The van der Waals surface area contributed by atoms with Crippen LogP contribution in [0.4, 0.5) is 13.9 Å². The number of thiazole rings is 1.